The molecule has 1 aromatic carbocycles. The maximum Gasteiger partial charge on any atom is 0.228 e. The molecule has 3 fully saturated rings. The lowest BCUT2D eigenvalue weighted by Crippen LogP contribution is -2.47. The minimum Gasteiger partial charge on any atom is -0.373 e. The molecule has 124 valence electrons. The van der Waals surface area contributed by atoms with E-state index in [4.69, 9.17) is 4.74 Å². The molecule has 3 aliphatic heterocycles. The number of amides is 1. The van der Waals surface area contributed by atoms with E-state index in [1.807, 2.05) is 18.2 Å². The summed E-state index contributed by atoms with van der Waals surface area (Å²) in [5.41, 5.74) is 1.14. The van der Waals surface area contributed by atoms with Gasteiger partial charge in [0.05, 0.1) is 12.0 Å². The number of fused-ring (bicyclic) bond motifs is 1. The third-order valence-electron chi connectivity index (χ3n) is 5.78. The number of hydrogen-bond donors (Lipinski definition) is 1. The van der Waals surface area contributed by atoms with Crippen molar-refractivity contribution in [3.05, 3.63) is 35.9 Å². The van der Waals surface area contributed by atoms with Gasteiger partial charge < -0.3 is 15.0 Å². The van der Waals surface area contributed by atoms with Crippen LogP contribution in [0.4, 0.5) is 0 Å². The van der Waals surface area contributed by atoms with E-state index in [2.05, 4.69) is 22.3 Å². The molecule has 1 aromatic rings. The first-order valence-electron chi connectivity index (χ1n) is 8.99. The molecule has 1 amide bonds. The summed E-state index contributed by atoms with van der Waals surface area (Å²) >= 11 is 0. The molecule has 0 saturated carbocycles. The standard InChI is InChI=1S/C19H26N2O2/c22-19(21-9-8-15-11-20-12-16(15)13-21)17-7-4-10-23-18(17)14-5-2-1-3-6-14/h1-3,5-6,15-18,20H,4,7-13H2. The number of likely N-dealkylation sites (tertiary alicyclic amines) is 1. The Morgan fingerprint density at radius 3 is 2.83 bits per heavy atom. The van der Waals surface area contributed by atoms with Crippen LogP contribution in [0, 0.1) is 17.8 Å². The zero-order chi connectivity index (χ0) is 15.6. The molecule has 4 unspecified atom stereocenters. The van der Waals surface area contributed by atoms with Crippen molar-refractivity contribution in [2.75, 3.05) is 32.8 Å². The Bertz CT molecular complexity index is 548. The quantitative estimate of drug-likeness (QED) is 0.910. The fraction of sp³-hybridized carbons (Fsp3) is 0.632. The molecule has 0 aromatic heterocycles. The van der Waals surface area contributed by atoms with E-state index in [0.717, 1.165) is 63.5 Å². The molecule has 4 atom stereocenters. The number of carbonyl (C=O) groups excluding carboxylic acids is 1. The van der Waals surface area contributed by atoms with Gasteiger partial charge in [0.2, 0.25) is 5.91 Å². The van der Waals surface area contributed by atoms with E-state index in [0.29, 0.717) is 11.8 Å². The predicted molar refractivity (Wildman–Crippen MR) is 88.9 cm³/mol. The normalized spacial score (nSPS) is 34.2. The van der Waals surface area contributed by atoms with Crippen LogP contribution in [0.2, 0.25) is 0 Å². The van der Waals surface area contributed by atoms with Gasteiger partial charge in [-0.2, -0.15) is 0 Å². The van der Waals surface area contributed by atoms with E-state index < -0.39 is 0 Å². The van der Waals surface area contributed by atoms with E-state index in [9.17, 15) is 4.79 Å². The average Bonchev–Trinajstić information content (AvgIpc) is 3.09. The molecule has 3 heterocycles. The number of ether oxygens (including phenoxy) is 1. The smallest absolute Gasteiger partial charge is 0.228 e. The minimum absolute atomic E-state index is 0.0166. The molecule has 4 heteroatoms. The number of piperidine rings is 1. The topological polar surface area (TPSA) is 41.6 Å². The highest BCUT2D eigenvalue weighted by Gasteiger charge is 2.40. The van der Waals surface area contributed by atoms with Gasteiger partial charge in [0.25, 0.3) is 0 Å². The summed E-state index contributed by atoms with van der Waals surface area (Å²) in [5.74, 6) is 1.71. The number of nitrogens with one attached hydrogen (secondary N) is 1. The van der Waals surface area contributed by atoms with Crippen molar-refractivity contribution in [1.29, 1.82) is 0 Å². The van der Waals surface area contributed by atoms with Gasteiger partial charge in [0, 0.05) is 19.7 Å². The zero-order valence-corrected chi connectivity index (χ0v) is 13.6. The molecule has 23 heavy (non-hydrogen) atoms. The zero-order valence-electron chi connectivity index (χ0n) is 13.6. The summed E-state index contributed by atoms with van der Waals surface area (Å²) in [6.07, 6.45) is 3.01. The molecule has 0 spiro atoms. The van der Waals surface area contributed by atoms with Crippen LogP contribution in [0.1, 0.15) is 30.9 Å². The lowest BCUT2D eigenvalue weighted by molar-refractivity contribution is -0.147. The maximum atomic E-state index is 13.2. The fourth-order valence-electron chi connectivity index (χ4n) is 4.47. The summed E-state index contributed by atoms with van der Waals surface area (Å²) in [6.45, 7) is 4.80. The van der Waals surface area contributed by atoms with Crippen LogP contribution in [0.5, 0.6) is 0 Å². The Morgan fingerprint density at radius 1 is 1.13 bits per heavy atom. The van der Waals surface area contributed by atoms with Crippen LogP contribution < -0.4 is 5.32 Å². The van der Waals surface area contributed by atoms with Crippen LogP contribution >= 0.6 is 0 Å². The van der Waals surface area contributed by atoms with Gasteiger partial charge in [-0.15, -0.1) is 0 Å². The van der Waals surface area contributed by atoms with Crippen LogP contribution in [-0.4, -0.2) is 43.6 Å². The number of carbonyl (C=O) groups is 1. The van der Waals surface area contributed by atoms with Crippen LogP contribution in [0.15, 0.2) is 30.3 Å². The van der Waals surface area contributed by atoms with Crippen molar-refractivity contribution in [1.82, 2.24) is 10.2 Å². The Balaban J connectivity index is 1.49. The third-order valence-corrected chi connectivity index (χ3v) is 5.78. The molecule has 3 saturated heterocycles. The summed E-state index contributed by atoms with van der Waals surface area (Å²) in [6, 6.07) is 10.3. The van der Waals surface area contributed by atoms with Gasteiger partial charge >= 0.3 is 0 Å². The Kier molecular flexibility index (Phi) is 4.36. The van der Waals surface area contributed by atoms with Crippen molar-refractivity contribution < 1.29 is 9.53 Å². The molecule has 0 aliphatic carbocycles. The predicted octanol–water partition coefficient (Wildman–Crippen LogP) is 2.22. The summed E-state index contributed by atoms with van der Waals surface area (Å²) < 4.78 is 6.02. The molecule has 0 radical (unpaired) electrons. The van der Waals surface area contributed by atoms with Gasteiger partial charge in [-0.25, -0.2) is 0 Å². The third kappa shape index (κ3) is 3.02. The molecule has 3 aliphatic rings. The van der Waals surface area contributed by atoms with E-state index in [1.165, 1.54) is 0 Å². The highest BCUT2D eigenvalue weighted by atomic mass is 16.5. The molecule has 4 rings (SSSR count). The van der Waals surface area contributed by atoms with Gasteiger partial charge in [0.15, 0.2) is 0 Å². The Labute approximate surface area is 138 Å². The molecule has 1 N–H and O–H groups in total. The number of rotatable bonds is 2. The van der Waals surface area contributed by atoms with E-state index in [1.54, 1.807) is 0 Å². The molecular formula is C19H26N2O2. The SMILES string of the molecule is O=C(C1CCCOC1c1ccccc1)N1CCC2CNCC2C1. The lowest BCUT2D eigenvalue weighted by Gasteiger charge is -2.39. The first-order valence-corrected chi connectivity index (χ1v) is 8.99. The van der Waals surface area contributed by atoms with Crippen molar-refractivity contribution in [2.24, 2.45) is 17.8 Å². The second-order valence-electron chi connectivity index (χ2n) is 7.20. The van der Waals surface area contributed by atoms with Crippen molar-refractivity contribution in [2.45, 2.75) is 25.4 Å². The van der Waals surface area contributed by atoms with Crippen LogP contribution in [0.3, 0.4) is 0 Å². The second kappa shape index (κ2) is 6.62. The minimum atomic E-state index is -0.0723. The first-order chi connectivity index (χ1) is 11.3. The summed E-state index contributed by atoms with van der Waals surface area (Å²) in [7, 11) is 0. The maximum absolute atomic E-state index is 13.2. The average molecular weight is 314 g/mol. The number of nitrogens with zero attached hydrogens (tertiary/aromatic N) is 1. The van der Waals surface area contributed by atoms with Crippen molar-refractivity contribution in [3.63, 3.8) is 0 Å². The Hall–Kier alpha value is -1.39. The highest BCUT2D eigenvalue weighted by molar-refractivity contribution is 5.80. The highest BCUT2D eigenvalue weighted by Crippen LogP contribution is 2.36. The van der Waals surface area contributed by atoms with Crippen LogP contribution in [-0.2, 0) is 9.53 Å². The van der Waals surface area contributed by atoms with Gasteiger partial charge in [-0.1, -0.05) is 30.3 Å². The summed E-state index contributed by atoms with van der Waals surface area (Å²) in [4.78, 5) is 15.3. The van der Waals surface area contributed by atoms with E-state index >= 15 is 0 Å². The largest absolute Gasteiger partial charge is 0.373 e. The number of hydrogen-bond acceptors (Lipinski definition) is 3. The monoisotopic (exact) mass is 314 g/mol. The first kappa shape index (κ1) is 15.2. The Morgan fingerprint density at radius 2 is 1.96 bits per heavy atom. The van der Waals surface area contributed by atoms with Gasteiger partial charge in [-0.05, 0) is 49.8 Å². The fourth-order valence-corrected chi connectivity index (χ4v) is 4.47. The summed E-state index contributed by atoms with van der Waals surface area (Å²) in [5, 5.41) is 3.48. The van der Waals surface area contributed by atoms with Gasteiger partial charge in [-0.3, -0.25) is 4.79 Å². The van der Waals surface area contributed by atoms with Gasteiger partial charge in [0.1, 0.15) is 0 Å². The lowest BCUT2D eigenvalue weighted by atomic mass is 9.85. The molecule has 0 bridgehead atoms. The molecular weight excluding hydrogens is 288 g/mol. The molecule has 4 nitrogen and oxygen atoms in total. The van der Waals surface area contributed by atoms with Crippen molar-refractivity contribution in [3.8, 4) is 0 Å². The second-order valence-corrected chi connectivity index (χ2v) is 7.20. The van der Waals surface area contributed by atoms with E-state index in [-0.39, 0.29) is 12.0 Å². The number of benzene rings is 1. The van der Waals surface area contributed by atoms with Crippen LogP contribution in [0.25, 0.3) is 0 Å². The van der Waals surface area contributed by atoms with Crippen molar-refractivity contribution >= 4 is 5.91 Å².